The summed E-state index contributed by atoms with van der Waals surface area (Å²) < 4.78 is 2.90. The lowest BCUT2D eigenvalue weighted by atomic mass is 10.1. The Morgan fingerprint density at radius 3 is 2.67 bits per heavy atom. The zero-order valence-electron chi connectivity index (χ0n) is 10.5. The predicted molar refractivity (Wildman–Crippen MR) is 75.2 cm³/mol. The van der Waals surface area contributed by atoms with E-state index in [1.54, 1.807) is 6.20 Å². The van der Waals surface area contributed by atoms with Crippen LogP contribution in [-0.2, 0) is 6.42 Å². The molecular formula is C13H17BrN4. The molecule has 0 fully saturated rings. The molecule has 0 bridgehead atoms. The van der Waals surface area contributed by atoms with Gasteiger partial charge in [0.1, 0.15) is 0 Å². The van der Waals surface area contributed by atoms with Gasteiger partial charge in [0.15, 0.2) is 0 Å². The molecule has 0 spiro atoms. The first-order valence-electron chi connectivity index (χ1n) is 5.97. The van der Waals surface area contributed by atoms with E-state index in [1.165, 1.54) is 0 Å². The summed E-state index contributed by atoms with van der Waals surface area (Å²) in [6.45, 7) is 4.21. The molecule has 2 N–H and O–H groups in total. The Kier molecular flexibility index (Phi) is 4.14. The molecule has 0 aromatic carbocycles. The molecule has 2 heterocycles. The van der Waals surface area contributed by atoms with Gasteiger partial charge in [0.05, 0.1) is 17.4 Å². The third kappa shape index (κ3) is 3.17. The van der Waals surface area contributed by atoms with Gasteiger partial charge in [-0.25, -0.2) is 0 Å². The topological polar surface area (TPSA) is 56.7 Å². The summed E-state index contributed by atoms with van der Waals surface area (Å²) in [6, 6.07) is 6.16. The number of aromatic nitrogens is 3. The number of halogens is 1. The second-order valence-corrected chi connectivity index (χ2v) is 5.51. The van der Waals surface area contributed by atoms with Crippen LogP contribution in [0.4, 0.5) is 0 Å². The molecule has 0 saturated heterocycles. The van der Waals surface area contributed by atoms with E-state index in [1.807, 2.05) is 29.1 Å². The van der Waals surface area contributed by atoms with Gasteiger partial charge in [-0.3, -0.25) is 9.67 Å². The van der Waals surface area contributed by atoms with Gasteiger partial charge in [-0.15, -0.1) is 0 Å². The van der Waals surface area contributed by atoms with Crippen LogP contribution in [0.3, 0.4) is 0 Å². The number of nitrogens with zero attached hydrogens (tertiary/aromatic N) is 3. The van der Waals surface area contributed by atoms with Crippen molar-refractivity contribution in [1.29, 1.82) is 0 Å². The van der Waals surface area contributed by atoms with E-state index in [0.717, 1.165) is 15.9 Å². The number of hydrogen-bond donors (Lipinski definition) is 1. The van der Waals surface area contributed by atoms with E-state index in [4.69, 9.17) is 5.73 Å². The van der Waals surface area contributed by atoms with Crippen LogP contribution < -0.4 is 5.73 Å². The Balaban J connectivity index is 2.06. The summed E-state index contributed by atoms with van der Waals surface area (Å²) in [5.74, 6) is 0. The summed E-state index contributed by atoms with van der Waals surface area (Å²) in [7, 11) is 0. The van der Waals surface area contributed by atoms with E-state index in [0.29, 0.717) is 12.5 Å². The average Bonchev–Trinajstić information content (AvgIpc) is 2.78. The van der Waals surface area contributed by atoms with Crippen molar-refractivity contribution >= 4 is 15.9 Å². The van der Waals surface area contributed by atoms with Crippen LogP contribution >= 0.6 is 15.9 Å². The molecule has 0 aliphatic rings. The van der Waals surface area contributed by atoms with Gasteiger partial charge in [0.25, 0.3) is 0 Å². The lowest BCUT2D eigenvalue weighted by Gasteiger charge is -2.09. The molecule has 0 amide bonds. The molecule has 0 aliphatic heterocycles. The number of nitrogens with two attached hydrogens (primary N) is 1. The van der Waals surface area contributed by atoms with Crippen molar-refractivity contribution in [3.63, 3.8) is 0 Å². The third-order valence-electron chi connectivity index (χ3n) is 2.75. The molecule has 2 rings (SSSR count). The van der Waals surface area contributed by atoms with E-state index in [-0.39, 0.29) is 6.04 Å². The van der Waals surface area contributed by atoms with Gasteiger partial charge >= 0.3 is 0 Å². The summed E-state index contributed by atoms with van der Waals surface area (Å²) in [6.07, 6.45) is 4.46. The minimum Gasteiger partial charge on any atom is -0.322 e. The van der Waals surface area contributed by atoms with E-state index < -0.39 is 0 Å². The van der Waals surface area contributed by atoms with Crippen LogP contribution in [-0.4, -0.2) is 14.8 Å². The smallest absolute Gasteiger partial charge is 0.0644 e. The van der Waals surface area contributed by atoms with Gasteiger partial charge in [0.2, 0.25) is 0 Å². The molecule has 0 radical (unpaired) electrons. The lowest BCUT2D eigenvalue weighted by Crippen LogP contribution is -2.15. The maximum atomic E-state index is 6.14. The Labute approximate surface area is 115 Å². The standard InChI is InChI=1S/C13H17BrN4/c1-9(2)18-6-5-11(17-18)7-12(15)13-4-3-10(14)8-16-13/h3-6,8-9,12H,7,15H2,1-2H3. The Morgan fingerprint density at radius 1 is 1.33 bits per heavy atom. The van der Waals surface area contributed by atoms with Crippen molar-refractivity contribution in [2.75, 3.05) is 0 Å². The third-order valence-corrected chi connectivity index (χ3v) is 3.22. The van der Waals surface area contributed by atoms with Crippen LogP contribution in [0.15, 0.2) is 35.1 Å². The predicted octanol–water partition coefficient (Wildman–Crippen LogP) is 2.86. The molecule has 0 saturated carbocycles. The van der Waals surface area contributed by atoms with Crippen molar-refractivity contribution in [2.45, 2.75) is 32.4 Å². The van der Waals surface area contributed by atoms with Gasteiger partial charge in [-0.1, -0.05) is 0 Å². The van der Waals surface area contributed by atoms with Crippen molar-refractivity contribution in [1.82, 2.24) is 14.8 Å². The second-order valence-electron chi connectivity index (χ2n) is 4.59. The molecular weight excluding hydrogens is 292 g/mol. The van der Waals surface area contributed by atoms with E-state index in [9.17, 15) is 0 Å². The highest BCUT2D eigenvalue weighted by Crippen LogP contribution is 2.16. The van der Waals surface area contributed by atoms with Gasteiger partial charge in [-0.05, 0) is 48.0 Å². The zero-order chi connectivity index (χ0) is 13.1. The first-order chi connectivity index (χ1) is 8.56. The summed E-state index contributed by atoms with van der Waals surface area (Å²) in [5, 5.41) is 4.49. The van der Waals surface area contributed by atoms with Crippen LogP contribution in [0.25, 0.3) is 0 Å². The molecule has 1 atom stereocenters. The van der Waals surface area contributed by atoms with E-state index in [2.05, 4.69) is 39.9 Å². The van der Waals surface area contributed by atoms with Crippen LogP contribution in [0.2, 0.25) is 0 Å². The van der Waals surface area contributed by atoms with Crippen LogP contribution in [0, 0.1) is 0 Å². The first kappa shape index (κ1) is 13.2. The Hall–Kier alpha value is -1.20. The van der Waals surface area contributed by atoms with Crippen molar-refractivity contribution in [3.8, 4) is 0 Å². The van der Waals surface area contributed by atoms with Crippen molar-refractivity contribution in [3.05, 3.63) is 46.5 Å². The zero-order valence-corrected chi connectivity index (χ0v) is 12.1. The second kappa shape index (κ2) is 5.63. The molecule has 96 valence electrons. The maximum Gasteiger partial charge on any atom is 0.0644 e. The highest BCUT2D eigenvalue weighted by molar-refractivity contribution is 9.10. The van der Waals surface area contributed by atoms with Gasteiger partial charge in [0, 0.05) is 29.3 Å². The Morgan fingerprint density at radius 2 is 2.11 bits per heavy atom. The van der Waals surface area contributed by atoms with Crippen LogP contribution in [0.5, 0.6) is 0 Å². The maximum absolute atomic E-state index is 6.14. The number of hydrogen-bond acceptors (Lipinski definition) is 3. The van der Waals surface area contributed by atoms with E-state index >= 15 is 0 Å². The first-order valence-corrected chi connectivity index (χ1v) is 6.76. The SMILES string of the molecule is CC(C)n1ccc(CC(N)c2ccc(Br)cn2)n1. The van der Waals surface area contributed by atoms with Gasteiger partial charge < -0.3 is 5.73 Å². The quantitative estimate of drug-likeness (QED) is 0.945. The number of rotatable bonds is 4. The molecule has 18 heavy (non-hydrogen) atoms. The fraction of sp³-hybridized carbons (Fsp3) is 0.385. The monoisotopic (exact) mass is 308 g/mol. The molecule has 2 aromatic heterocycles. The normalized spacial score (nSPS) is 12.9. The minimum absolute atomic E-state index is 0.117. The fourth-order valence-corrected chi connectivity index (χ4v) is 1.94. The summed E-state index contributed by atoms with van der Waals surface area (Å²) >= 11 is 3.36. The summed E-state index contributed by atoms with van der Waals surface area (Å²) in [5.41, 5.74) is 8.02. The molecule has 1 unspecified atom stereocenters. The number of pyridine rings is 1. The average molecular weight is 309 g/mol. The highest BCUT2D eigenvalue weighted by atomic mass is 79.9. The minimum atomic E-state index is -0.117. The highest BCUT2D eigenvalue weighted by Gasteiger charge is 2.11. The van der Waals surface area contributed by atoms with Crippen LogP contribution in [0.1, 0.15) is 37.3 Å². The molecule has 2 aromatic rings. The van der Waals surface area contributed by atoms with Gasteiger partial charge in [-0.2, -0.15) is 5.10 Å². The fourth-order valence-electron chi connectivity index (χ4n) is 1.71. The Bertz CT molecular complexity index is 504. The van der Waals surface area contributed by atoms with Crippen molar-refractivity contribution < 1.29 is 0 Å². The summed E-state index contributed by atoms with van der Waals surface area (Å²) in [4.78, 5) is 4.31. The lowest BCUT2D eigenvalue weighted by molar-refractivity contribution is 0.522. The largest absolute Gasteiger partial charge is 0.322 e. The molecule has 0 aliphatic carbocycles. The molecule has 5 heteroatoms. The molecule has 4 nitrogen and oxygen atoms in total. The van der Waals surface area contributed by atoms with Crippen molar-refractivity contribution in [2.24, 2.45) is 5.73 Å².